The van der Waals surface area contributed by atoms with Crippen molar-refractivity contribution in [1.82, 2.24) is 10.3 Å². The van der Waals surface area contributed by atoms with Gasteiger partial charge in [0.15, 0.2) is 5.52 Å². The molecule has 0 radical (unpaired) electrons. The normalized spacial score (nSPS) is 10.8. The van der Waals surface area contributed by atoms with E-state index in [1.165, 1.54) is 5.56 Å². The van der Waals surface area contributed by atoms with Gasteiger partial charge in [-0.05, 0) is 37.6 Å². The van der Waals surface area contributed by atoms with Gasteiger partial charge in [-0.15, -0.1) is 4.68 Å². The van der Waals surface area contributed by atoms with Crippen LogP contribution < -0.4 is 10.00 Å². The van der Waals surface area contributed by atoms with Crippen molar-refractivity contribution < 1.29 is 4.68 Å². The second-order valence-electron chi connectivity index (χ2n) is 5.17. The second-order valence-corrected chi connectivity index (χ2v) is 5.17. The van der Waals surface area contributed by atoms with Crippen molar-refractivity contribution >= 4 is 22.4 Å². The minimum Gasteiger partial charge on any atom is -0.317 e. The van der Waals surface area contributed by atoms with E-state index in [4.69, 9.17) is 0 Å². The maximum atomic E-state index is 4.35. The van der Waals surface area contributed by atoms with Crippen LogP contribution in [0.1, 0.15) is 18.9 Å². The fraction of sp³-hybridized carbons (Fsp3) is 0.235. The summed E-state index contributed by atoms with van der Waals surface area (Å²) in [7, 11) is 0. The van der Waals surface area contributed by atoms with Gasteiger partial charge >= 0.3 is 0 Å². The Morgan fingerprint density at radius 2 is 1.81 bits per heavy atom. The third kappa shape index (κ3) is 2.84. The number of rotatable bonds is 4. The first kappa shape index (κ1) is 13.5. The molecule has 0 aliphatic carbocycles. The standard InChI is InChI=1S/C17H18N4/c1-3-12-21-16-7-5-4-6-15(16)17(19-20-21)18-14-10-8-13(2)9-11-14/h4-11H,3,12H2,1-2H3/p+1. The van der Waals surface area contributed by atoms with E-state index >= 15 is 0 Å². The van der Waals surface area contributed by atoms with E-state index in [9.17, 15) is 0 Å². The largest absolute Gasteiger partial charge is 0.317 e. The molecule has 0 amide bonds. The van der Waals surface area contributed by atoms with Crippen molar-refractivity contribution in [2.45, 2.75) is 26.8 Å². The van der Waals surface area contributed by atoms with Gasteiger partial charge in [-0.25, -0.2) is 0 Å². The van der Waals surface area contributed by atoms with Crippen LogP contribution >= 0.6 is 0 Å². The van der Waals surface area contributed by atoms with E-state index in [1.807, 2.05) is 16.8 Å². The van der Waals surface area contributed by atoms with Crippen LogP contribution in [0.3, 0.4) is 0 Å². The second kappa shape index (κ2) is 5.87. The number of aromatic nitrogens is 3. The quantitative estimate of drug-likeness (QED) is 0.744. The van der Waals surface area contributed by atoms with Crippen LogP contribution in [-0.4, -0.2) is 10.3 Å². The average Bonchev–Trinajstić information content (AvgIpc) is 2.52. The molecule has 2 aromatic carbocycles. The Kier molecular flexibility index (Phi) is 3.77. The zero-order chi connectivity index (χ0) is 14.7. The van der Waals surface area contributed by atoms with Crippen LogP contribution in [0.15, 0.2) is 48.5 Å². The molecule has 0 aliphatic heterocycles. The number of nitrogens with zero attached hydrogens (tertiary/aromatic N) is 3. The summed E-state index contributed by atoms with van der Waals surface area (Å²) in [5.41, 5.74) is 3.36. The van der Waals surface area contributed by atoms with Crippen molar-refractivity contribution in [2.75, 3.05) is 5.32 Å². The van der Waals surface area contributed by atoms with Crippen molar-refractivity contribution in [3.63, 3.8) is 0 Å². The Morgan fingerprint density at radius 3 is 2.57 bits per heavy atom. The Bertz CT molecular complexity index is 750. The summed E-state index contributed by atoms with van der Waals surface area (Å²) in [6.07, 6.45) is 1.04. The first-order valence-electron chi connectivity index (χ1n) is 7.27. The van der Waals surface area contributed by atoms with Crippen molar-refractivity contribution in [3.8, 4) is 0 Å². The fourth-order valence-corrected chi connectivity index (χ4v) is 2.34. The molecule has 1 N–H and O–H groups in total. The third-order valence-corrected chi connectivity index (χ3v) is 3.44. The molecule has 0 bridgehead atoms. The van der Waals surface area contributed by atoms with Gasteiger partial charge in [0.1, 0.15) is 11.8 Å². The monoisotopic (exact) mass is 279 g/mol. The lowest BCUT2D eigenvalue weighted by Gasteiger charge is -2.05. The minimum atomic E-state index is 0.793. The Labute approximate surface area is 124 Å². The van der Waals surface area contributed by atoms with Crippen LogP contribution in [0.5, 0.6) is 0 Å². The van der Waals surface area contributed by atoms with E-state index in [0.29, 0.717) is 0 Å². The summed E-state index contributed by atoms with van der Waals surface area (Å²) in [6.45, 7) is 5.09. The molecule has 4 heteroatoms. The predicted octanol–water partition coefficient (Wildman–Crippen LogP) is 3.38. The molecule has 4 nitrogen and oxygen atoms in total. The maximum absolute atomic E-state index is 4.35. The fourth-order valence-electron chi connectivity index (χ4n) is 2.34. The lowest BCUT2D eigenvalue weighted by molar-refractivity contribution is -0.734. The smallest absolute Gasteiger partial charge is 0.285 e. The van der Waals surface area contributed by atoms with Crippen LogP contribution in [-0.2, 0) is 6.54 Å². The molecule has 21 heavy (non-hydrogen) atoms. The van der Waals surface area contributed by atoms with Gasteiger partial charge in [0, 0.05) is 5.69 Å². The number of nitrogens with one attached hydrogen (secondary N) is 1. The van der Waals surface area contributed by atoms with Gasteiger partial charge in [-0.2, -0.15) is 0 Å². The molecule has 0 unspecified atom stereocenters. The number of aryl methyl sites for hydroxylation is 2. The highest BCUT2D eigenvalue weighted by molar-refractivity contribution is 5.88. The molecule has 3 rings (SSSR count). The summed E-state index contributed by atoms with van der Waals surface area (Å²) < 4.78 is 1.95. The van der Waals surface area contributed by atoms with Gasteiger partial charge in [0.05, 0.1) is 10.5 Å². The minimum absolute atomic E-state index is 0.793. The number of benzene rings is 2. The highest BCUT2D eigenvalue weighted by Crippen LogP contribution is 2.21. The van der Waals surface area contributed by atoms with Crippen LogP contribution in [0, 0.1) is 6.92 Å². The molecule has 0 saturated carbocycles. The molecule has 1 aromatic heterocycles. The summed E-state index contributed by atoms with van der Waals surface area (Å²) >= 11 is 0. The summed E-state index contributed by atoms with van der Waals surface area (Å²) in [5.74, 6) is 0.793. The van der Waals surface area contributed by atoms with E-state index < -0.39 is 0 Å². The molecular formula is C17H19N4+. The van der Waals surface area contributed by atoms with E-state index in [-0.39, 0.29) is 0 Å². The Hall–Kier alpha value is -2.49. The molecule has 0 aliphatic rings. The zero-order valence-corrected chi connectivity index (χ0v) is 12.4. The average molecular weight is 279 g/mol. The topological polar surface area (TPSA) is 41.7 Å². The molecule has 106 valence electrons. The first-order valence-corrected chi connectivity index (χ1v) is 7.27. The van der Waals surface area contributed by atoms with Gasteiger partial charge in [0.25, 0.3) is 5.82 Å². The molecule has 3 aromatic rings. The first-order chi connectivity index (χ1) is 10.3. The molecule has 0 atom stereocenters. The Morgan fingerprint density at radius 1 is 1.05 bits per heavy atom. The highest BCUT2D eigenvalue weighted by atomic mass is 15.4. The predicted molar refractivity (Wildman–Crippen MR) is 84.5 cm³/mol. The summed E-state index contributed by atoms with van der Waals surface area (Å²) in [6, 6.07) is 16.5. The van der Waals surface area contributed by atoms with Gasteiger partial charge in [-0.3, -0.25) is 0 Å². The third-order valence-electron chi connectivity index (χ3n) is 3.44. The molecule has 1 heterocycles. The number of para-hydroxylation sites is 1. The molecule has 0 saturated heterocycles. The Balaban J connectivity index is 2.03. The SMILES string of the molecule is CCC[n+]1nnc(Nc2ccc(C)cc2)c2ccccc21. The maximum Gasteiger partial charge on any atom is 0.285 e. The van der Waals surface area contributed by atoms with Gasteiger partial charge in [-0.1, -0.05) is 36.8 Å². The highest BCUT2D eigenvalue weighted by Gasteiger charge is 2.15. The number of hydrogen-bond donors (Lipinski definition) is 1. The summed E-state index contributed by atoms with van der Waals surface area (Å²) in [5, 5.41) is 13.1. The van der Waals surface area contributed by atoms with Gasteiger partial charge < -0.3 is 5.32 Å². The van der Waals surface area contributed by atoms with Crippen molar-refractivity contribution in [3.05, 3.63) is 54.1 Å². The van der Waals surface area contributed by atoms with E-state index in [1.54, 1.807) is 0 Å². The lowest BCUT2D eigenvalue weighted by atomic mass is 10.2. The zero-order valence-electron chi connectivity index (χ0n) is 12.4. The summed E-state index contributed by atoms with van der Waals surface area (Å²) in [4.78, 5) is 0. The van der Waals surface area contributed by atoms with Crippen molar-refractivity contribution in [2.24, 2.45) is 0 Å². The van der Waals surface area contributed by atoms with Crippen LogP contribution in [0.4, 0.5) is 11.5 Å². The molecule has 0 spiro atoms. The van der Waals surface area contributed by atoms with Crippen LogP contribution in [0.2, 0.25) is 0 Å². The van der Waals surface area contributed by atoms with E-state index in [2.05, 4.69) is 65.9 Å². The van der Waals surface area contributed by atoms with Crippen molar-refractivity contribution in [1.29, 1.82) is 0 Å². The van der Waals surface area contributed by atoms with E-state index in [0.717, 1.165) is 35.4 Å². The molecular weight excluding hydrogens is 260 g/mol. The van der Waals surface area contributed by atoms with Gasteiger partial charge in [0.2, 0.25) is 0 Å². The lowest BCUT2D eigenvalue weighted by Crippen LogP contribution is -2.39. The van der Waals surface area contributed by atoms with Crippen LogP contribution in [0.25, 0.3) is 10.9 Å². The number of hydrogen-bond acceptors (Lipinski definition) is 3. The number of anilines is 2. The molecule has 0 fully saturated rings. The number of fused-ring (bicyclic) bond motifs is 1.